The molecule has 0 saturated heterocycles. The summed E-state index contributed by atoms with van der Waals surface area (Å²) in [4.78, 5) is 0. The fraction of sp³-hybridized carbons (Fsp3) is 0.111. The molecule has 0 atom stereocenters. The van der Waals surface area contributed by atoms with E-state index in [-0.39, 0.29) is 0 Å². The van der Waals surface area contributed by atoms with Crippen molar-refractivity contribution in [3.8, 4) is 11.5 Å². The van der Waals surface area contributed by atoms with Gasteiger partial charge in [-0.05, 0) is 30.7 Å². The maximum absolute atomic E-state index is 5.92. The molecule has 14 heavy (non-hydrogen) atoms. The number of rotatable bonds is 1. The first kappa shape index (κ1) is 9.92. The number of nitrogens with zero attached hydrogens (tertiary/aromatic N) is 2. The minimum Gasteiger partial charge on any atom is -0.412 e. The normalized spacial score (nSPS) is 10.5. The molecule has 0 aliphatic carbocycles. The predicted octanol–water partition coefficient (Wildman–Crippen LogP) is 3.30. The minimum atomic E-state index is 0.500. The number of aromatic nitrogens is 2. The topological polar surface area (TPSA) is 38.9 Å². The van der Waals surface area contributed by atoms with Gasteiger partial charge < -0.3 is 4.42 Å². The van der Waals surface area contributed by atoms with Gasteiger partial charge in [-0.3, -0.25) is 0 Å². The molecule has 5 heteroatoms. The smallest absolute Gasteiger partial charge is 0.278 e. The molecule has 1 aromatic carbocycles. The largest absolute Gasteiger partial charge is 0.412 e. The van der Waals surface area contributed by atoms with Crippen molar-refractivity contribution in [2.24, 2.45) is 0 Å². The van der Waals surface area contributed by atoms with Crippen LogP contribution in [0.1, 0.15) is 5.56 Å². The maximum Gasteiger partial charge on any atom is 0.278 e. The number of hydrogen-bond donors (Lipinski definition) is 0. The van der Waals surface area contributed by atoms with Crippen LogP contribution in [0.15, 0.2) is 22.6 Å². The van der Waals surface area contributed by atoms with E-state index in [2.05, 4.69) is 10.2 Å². The van der Waals surface area contributed by atoms with E-state index in [0.29, 0.717) is 14.8 Å². The lowest BCUT2D eigenvalue weighted by atomic mass is 10.1. The van der Waals surface area contributed by atoms with Crippen molar-refractivity contribution < 1.29 is 4.42 Å². The van der Waals surface area contributed by atoms with Gasteiger partial charge in [0.2, 0.25) is 5.89 Å². The molecule has 0 bridgehead atoms. The first-order chi connectivity index (χ1) is 6.65. The first-order valence-electron chi connectivity index (χ1n) is 3.92. The molecular weight excluding hydrogens is 314 g/mol. The molecule has 0 radical (unpaired) electrons. The second kappa shape index (κ2) is 3.86. The van der Waals surface area contributed by atoms with E-state index in [0.717, 1.165) is 11.1 Å². The van der Waals surface area contributed by atoms with E-state index in [4.69, 9.17) is 16.0 Å². The molecule has 0 aliphatic heterocycles. The van der Waals surface area contributed by atoms with Crippen LogP contribution in [0, 0.1) is 10.8 Å². The van der Waals surface area contributed by atoms with Gasteiger partial charge in [0.25, 0.3) is 3.90 Å². The van der Waals surface area contributed by atoms with Gasteiger partial charge in [0.05, 0.1) is 0 Å². The summed E-state index contributed by atoms with van der Waals surface area (Å²) in [5, 5.41) is 8.34. The molecule has 0 unspecified atom stereocenters. The monoisotopic (exact) mass is 320 g/mol. The van der Waals surface area contributed by atoms with Crippen molar-refractivity contribution in [2.45, 2.75) is 6.92 Å². The second-order valence-corrected chi connectivity index (χ2v) is 4.24. The Balaban J connectivity index is 2.51. The highest BCUT2D eigenvalue weighted by Crippen LogP contribution is 2.23. The number of halogens is 2. The summed E-state index contributed by atoms with van der Waals surface area (Å²) in [7, 11) is 0. The molecule has 1 aromatic heterocycles. The van der Waals surface area contributed by atoms with Gasteiger partial charge in [-0.2, -0.15) is 0 Å². The molecule has 0 aliphatic rings. The SMILES string of the molecule is Cc1cc(Cl)cc(-c2nnc(I)o2)c1. The standard InChI is InChI=1S/C9H6ClIN2O/c1-5-2-6(4-7(10)3-5)8-12-13-9(11)14-8/h2-4H,1H3. The summed E-state index contributed by atoms with van der Waals surface area (Å²) in [6, 6.07) is 5.64. The van der Waals surface area contributed by atoms with Crippen LogP contribution in [0.4, 0.5) is 0 Å². The molecule has 72 valence electrons. The van der Waals surface area contributed by atoms with Gasteiger partial charge in [0.15, 0.2) is 0 Å². The molecule has 1 heterocycles. The number of aryl methyl sites for hydroxylation is 1. The van der Waals surface area contributed by atoms with E-state index in [9.17, 15) is 0 Å². The highest BCUT2D eigenvalue weighted by atomic mass is 127. The van der Waals surface area contributed by atoms with Gasteiger partial charge in [0.1, 0.15) is 0 Å². The van der Waals surface area contributed by atoms with Crippen molar-refractivity contribution >= 4 is 34.2 Å². The first-order valence-corrected chi connectivity index (χ1v) is 5.37. The lowest BCUT2D eigenvalue weighted by molar-refractivity contribution is 0.537. The van der Waals surface area contributed by atoms with E-state index in [1.807, 2.05) is 41.6 Å². The molecule has 2 rings (SSSR count). The molecule has 2 aromatic rings. The van der Waals surface area contributed by atoms with E-state index < -0.39 is 0 Å². The Morgan fingerprint density at radius 3 is 2.64 bits per heavy atom. The van der Waals surface area contributed by atoms with Crippen LogP contribution in [0.5, 0.6) is 0 Å². The van der Waals surface area contributed by atoms with E-state index in [1.165, 1.54) is 0 Å². The van der Waals surface area contributed by atoms with Crippen LogP contribution in [-0.2, 0) is 0 Å². The summed E-state index contributed by atoms with van der Waals surface area (Å²) in [6.07, 6.45) is 0. The van der Waals surface area contributed by atoms with Crippen LogP contribution in [-0.4, -0.2) is 10.2 Å². The van der Waals surface area contributed by atoms with Crippen LogP contribution in [0.3, 0.4) is 0 Å². The third-order valence-electron chi connectivity index (χ3n) is 1.69. The quantitative estimate of drug-likeness (QED) is 0.757. The molecule has 0 fully saturated rings. The summed E-state index contributed by atoms with van der Waals surface area (Å²) < 4.78 is 5.81. The average molecular weight is 321 g/mol. The Kier molecular flexibility index (Phi) is 2.73. The predicted molar refractivity (Wildman–Crippen MR) is 62.2 cm³/mol. The zero-order chi connectivity index (χ0) is 10.1. The van der Waals surface area contributed by atoms with Gasteiger partial charge >= 0.3 is 0 Å². The molecule has 0 N–H and O–H groups in total. The van der Waals surface area contributed by atoms with Gasteiger partial charge in [-0.15, -0.1) is 10.2 Å². The molecule has 0 spiro atoms. The van der Waals surface area contributed by atoms with Crippen molar-refractivity contribution in [1.82, 2.24) is 10.2 Å². The van der Waals surface area contributed by atoms with Crippen LogP contribution in [0.2, 0.25) is 5.02 Å². The third-order valence-corrected chi connectivity index (χ3v) is 2.34. The Bertz CT molecular complexity index is 449. The van der Waals surface area contributed by atoms with Crippen molar-refractivity contribution in [1.29, 1.82) is 0 Å². The summed E-state index contributed by atoms with van der Waals surface area (Å²) in [6.45, 7) is 1.97. The van der Waals surface area contributed by atoms with Crippen LogP contribution in [0.25, 0.3) is 11.5 Å². The van der Waals surface area contributed by atoms with E-state index >= 15 is 0 Å². The van der Waals surface area contributed by atoms with Crippen LogP contribution < -0.4 is 0 Å². The second-order valence-electron chi connectivity index (χ2n) is 2.88. The zero-order valence-corrected chi connectivity index (χ0v) is 10.2. The lowest BCUT2D eigenvalue weighted by Crippen LogP contribution is -1.80. The maximum atomic E-state index is 5.92. The highest BCUT2D eigenvalue weighted by Gasteiger charge is 2.07. The summed E-state index contributed by atoms with van der Waals surface area (Å²) >= 11 is 7.89. The Hall–Kier alpha value is -0.620. The molecule has 0 amide bonds. The number of hydrogen-bond acceptors (Lipinski definition) is 3. The Morgan fingerprint density at radius 1 is 1.29 bits per heavy atom. The fourth-order valence-corrected chi connectivity index (χ4v) is 1.79. The number of benzene rings is 1. The van der Waals surface area contributed by atoms with Gasteiger partial charge in [0, 0.05) is 33.2 Å². The lowest BCUT2D eigenvalue weighted by Gasteiger charge is -1.98. The van der Waals surface area contributed by atoms with Crippen molar-refractivity contribution in [3.63, 3.8) is 0 Å². The van der Waals surface area contributed by atoms with Gasteiger partial charge in [-0.25, -0.2) is 0 Å². The third kappa shape index (κ3) is 2.06. The molecular formula is C9H6ClIN2O. The highest BCUT2D eigenvalue weighted by molar-refractivity contribution is 14.1. The minimum absolute atomic E-state index is 0.500. The Morgan fingerprint density at radius 2 is 2.07 bits per heavy atom. The van der Waals surface area contributed by atoms with E-state index in [1.54, 1.807) is 6.07 Å². The zero-order valence-electron chi connectivity index (χ0n) is 7.29. The van der Waals surface area contributed by atoms with Crippen molar-refractivity contribution in [3.05, 3.63) is 32.7 Å². The average Bonchev–Trinajstić information content (AvgIpc) is 2.50. The van der Waals surface area contributed by atoms with Gasteiger partial charge in [-0.1, -0.05) is 11.6 Å². The van der Waals surface area contributed by atoms with Crippen molar-refractivity contribution in [2.75, 3.05) is 0 Å². The molecule has 3 nitrogen and oxygen atoms in total. The Labute approximate surface area is 99.6 Å². The fourth-order valence-electron chi connectivity index (χ4n) is 1.18. The van der Waals surface area contributed by atoms with Crippen LogP contribution >= 0.6 is 34.2 Å². The summed E-state index contributed by atoms with van der Waals surface area (Å²) in [5.41, 5.74) is 1.92. The summed E-state index contributed by atoms with van der Waals surface area (Å²) in [5.74, 6) is 0.500. The molecule has 0 saturated carbocycles.